The van der Waals surface area contributed by atoms with Gasteiger partial charge in [0, 0.05) is 49.4 Å². The van der Waals surface area contributed by atoms with Gasteiger partial charge in [0.05, 0.1) is 19.4 Å². The molecule has 0 saturated carbocycles. The van der Waals surface area contributed by atoms with Crippen molar-refractivity contribution in [3.05, 3.63) is 60.0 Å². The van der Waals surface area contributed by atoms with Crippen molar-refractivity contribution in [1.29, 1.82) is 0 Å². The number of pyridine rings is 1. The Kier molecular flexibility index (Phi) is 8.45. The van der Waals surface area contributed by atoms with Gasteiger partial charge in [0.2, 0.25) is 0 Å². The van der Waals surface area contributed by atoms with E-state index in [4.69, 9.17) is 14.6 Å². The number of rotatable bonds is 9. The molecule has 2 heterocycles. The Labute approximate surface area is 177 Å². The number of aliphatic hydroxyl groups is 1. The lowest BCUT2D eigenvalue weighted by atomic mass is 10.1. The molecule has 156 valence electrons. The Morgan fingerprint density at radius 3 is 2.76 bits per heavy atom. The molecule has 0 aliphatic heterocycles. The summed E-state index contributed by atoms with van der Waals surface area (Å²) in [5.74, 6) is 1.27. The number of benzene rings is 1. The molecule has 2 N–H and O–H groups in total. The summed E-state index contributed by atoms with van der Waals surface area (Å²) in [7, 11) is 3.53. The fourth-order valence-corrected chi connectivity index (χ4v) is 3.02. The summed E-state index contributed by atoms with van der Waals surface area (Å²) in [5.41, 5.74) is 4.12. The van der Waals surface area contributed by atoms with Crippen molar-refractivity contribution in [1.82, 2.24) is 20.1 Å². The highest BCUT2D eigenvalue weighted by atomic mass is 35.5. The molecule has 0 bridgehead atoms. The smallest absolute Gasteiger partial charge is 0.161 e. The van der Waals surface area contributed by atoms with Crippen LogP contribution in [0, 0.1) is 0 Å². The van der Waals surface area contributed by atoms with Gasteiger partial charge in [0.25, 0.3) is 0 Å². The Morgan fingerprint density at radius 1 is 1.24 bits per heavy atom. The van der Waals surface area contributed by atoms with E-state index >= 15 is 0 Å². The first-order chi connectivity index (χ1) is 13.6. The Bertz CT molecular complexity index is 902. The van der Waals surface area contributed by atoms with Crippen LogP contribution in [-0.2, 0) is 13.6 Å². The summed E-state index contributed by atoms with van der Waals surface area (Å²) >= 11 is 0. The van der Waals surface area contributed by atoms with E-state index in [0.29, 0.717) is 18.0 Å². The van der Waals surface area contributed by atoms with Crippen LogP contribution >= 0.6 is 12.4 Å². The number of aromatic nitrogens is 3. The van der Waals surface area contributed by atoms with Gasteiger partial charge in [-0.1, -0.05) is 6.07 Å². The molecule has 0 aliphatic carbocycles. The van der Waals surface area contributed by atoms with Crippen molar-refractivity contribution in [2.45, 2.75) is 19.5 Å². The Balaban J connectivity index is 0.00000300. The van der Waals surface area contributed by atoms with Crippen molar-refractivity contribution >= 4 is 12.4 Å². The normalized spacial score (nSPS) is 11.6. The summed E-state index contributed by atoms with van der Waals surface area (Å²) in [6, 6.07) is 9.85. The first-order valence-electron chi connectivity index (χ1n) is 9.20. The van der Waals surface area contributed by atoms with Gasteiger partial charge in [0.15, 0.2) is 11.5 Å². The molecular formula is C21H27ClN4O3. The molecule has 8 heteroatoms. The molecule has 0 fully saturated rings. The van der Waals surface area contributed by atoms with E-state index in [1.54, 1.807) is 13.3 Å². The van der Waals surface area contributed by atoms with E-state index in [2.05, 4.69) is 22.3 Å². The highest BCUT2D eigenvalue weighted by molar-refractivity contribution is 5.85. The fourth-order valence-electron chi connectivity index (χ4n) is 3.02. The van der Waals surface area contributed by atoms with Crippen LogP contribution in [0.3, 0.4) is 0 Å². The van der Waals surface area contributed by atoms with Crippen LogP contribution in [0.15, 0.2) is 48.9 Å². The number of hydrogen-bond acceptors (Lipinski definition) is 6. The molecule has 3 rings (SSSR count). The van der Waals surface area contributed by atoms with Crippen molar-refractivity contribution in [2.24, 2.45) is 7.05 Å². The maximum Gasteiger partial charge on any atom is 0.161 e. The van der Waals surface area contributed by atoms with Gasteiger partial charge in [-0.15, -0.1) is 12.4 Å². The second-order valence-corrected chi connectivity index (χ2v) is 6.50. The van der Waals surface area contributed by atoms with Crippen LogP contribution in [0.1, 0.15) is 24.1 Å². The summed E-state index contributed by atoms with van der Waals surface area (Å²) in [4.78, 5) is 4.19. The topological polar surface area (TPSA) is 81.4 Å². The maximum atomic E-state index is 8.93. The number of ether oxygens (including phenoxy) is 2. The van der Waals surface area contributed by atoms with Gasteiger partial charge < -0.3 is 19.9 Å². The minimum absolute atomic E-state index is 0. The molecule has 0 amide bonds. The summed E-state index contributed by atoms with van der Waals surface area (Å²) < 4.78 is 12.7. The number of nitrogens with zero attached hydrogens (tertiary/aromatic N) is 3. The zero-order chi connectivity index (χ0) is 19.9. The Hall–Kier alpha value is -2.61. The van der Waals surface area contributed by atoms with Crippen LogP contribution in [0.4, 0.5) is 0 Å². The van der Waals surface area contributed by atoms with Crippen LogP contribution in [0.25, 0.3) is 11.3 Å². The lowest BCUT2D eigenvalue weighted by Gasteiger charge is -2.17. The standard InChI is InChI=1S/C21H26N4O3.ClH/c1-15(16-6-7-19(28-10-9-26)20(11-16)27-3)23-13-18-14-25(2)24-21(18)17-5-4-8-22-12-17;/h4-8,11-12,14-15,23,26H,9-10,13H2,1-3H3;1H. The van der Waals surface area contributed by atoms with Gasteiger partial charge in [0.1, 0.15) is 6.61 Å². The SMILES string of the molecule is COc1cc(C(C)NCc2cn(C)nc2-c2cccnc2)ccc1OCCO.Cl. The van der Waals surface area contributed by atoms with E-state index in [9.17, 15) is 0 Å². The lowest BCUT2D eigenvalue weighted by Crippen LogP contribution is -2.18. The van der Waals surface area contributed by atoms with Crippen LogP contribution < -0.4 is 14.8 Å². The van der Waals surface area contributed by atoms with Crippen molar-refractivity contribution in [3.8, 4) is 22.8 Å². The largest absolute Gasteiger partial charge is 0.493 e. The average Bonchev–Trinajstić information content (AvgIpc) is 3.11. The van der Waals surface area contributed by atoms with E-state index in [1.165, 1.54) is 0 Å². The van der Waals surface area contributed by atoms with Crippen LogP contribution in [-0.4, -0.2) is 40.2 Å². The minimum atomic E-state index is -0.0345. The third kappa shape index (κ3) is 5.69. The predicted molar refractivity (Wildman–Crippen MR) is 115 cm³/mol. The molecule has 0 radical (unpaired) electrons. The van der Waals surface area contributed by atoms with Crippen molar-refractivity contribution in [3.63, 3.8) is 0 Å². The van der Waals surface area contributed by atoms with Crippen LogP contribution in [0.2, 0.25) is 0 Å². The molecule has 1 atom stereocenters. The molecule has 2 aromatic heterocycles. The average molecular weight is 419 g/mol. The highest BCUT2D eigenvalue weighted by Crippen LogP contribution is 2.30. The number of nitrogens with one attached hydrogen (secondary N) is 1. The molecular weight excluding hydrogens is 392 g/mol. The van der Waals surface area contributed by atoms with Gasteiger partial charge in [-0.25, -0.2) is 0 Å². The zero-order valence-electron chi connectivity index (χ0n) is 16.8. The minimum Gasteiger partial charge on any atom is -0.493 e. The van der Waals surface area contributed by atoms with Gasteiger partial charge in [-0.2, -0.15) is 5.10 Å². The predicted octanol–water partition coefficient (Wildman–Crippen LogP) is 3.13. The molecule has 0 saturated heterocycles. The summed E-state index contributed by atoms with van der Waals surface area (Å²) in [6.07, 6.45) is 5.60. The zero-order valence-corrected chi connectivity index (χ0v) is 17.6. The highest BCUT2D eigenvalue weighted by Gasteiger charge is 2.14. The van der Waals surface area contributed by atoms with E-state index in [1.807, 2.05) is 54.5 Å². The van der Waals surface area contributed by atoms with Gasteiger partial charge in [-0.3, -0.25) is 9.67 Å². The fraction of sp³-hybridized carbons (Fsp3) is 0.333. The molecule has 0 spiro atoms. The second-order valence-electron chi connectivity index (χ2n) is 6.50. The number of methoxy groups -OCH3 is 1. The van der Waals surface area contributed by atoms with Crippen molar-refractivity contribution < 1.29 is 14.6 Å². The number of aliphatic hydroxyl groups excluding tert-OH is 1. The summed E-state index contributed by atoms with van der Waals surface area (Å²) in [5, 5.41) is 17.1. The van der Waals surface area contributed by atoms with E-state index < -0.39 is 0 Å². The van der Waals surface area contributed by atoms with Crippen molar-refractivity contribution in [2.75, 3.05) is 20.3 Å². The number of hydrogen-bond donors (Lipinski definition) is 2. The van der Waals surface area contributed by atoms with E-state index in [0.717, 1.165) is 22.4 Å². The summed E-state index contributed by atoms with van der Waals surface area (Å²) in [6.45, 7) is 2.97. The molecule has 0 aliphatic rings. The third-order valence-electron chi connectivity index (χ3n) is 4.47. The molecule has 29 heavy (non-hydrogen) atoms. The molecule has 1 unspecified atom stereocenters. The molecule has 3 aromatic rings. The number of aryl methyl sites for hydroxylation is 1. The maximum absolute atomic E-state index is 8.93. The lowest BCUT2D eigenvalue weighted by molar-refractivity contribution is 0.196. The van der Waals surface area contributed by atoms with Gasteiger partial charge in [-0.05, 0) is 36.8 Å². The van der Waals surface area contributed by atoms with Gasteiger partial charge >= 0.3 is 0 Å². The van der Waals surface area contributed by atoms with Crippen LogP contribution in [0.5, 0.6) is 11.5 Å². The first kappa shape index (κ1) is 22.7. The third-order valence-corrected chi connectivity index (χ3v) is 4.47. The monoisotopic (exact) mass is 418 g/mol. The number of halogens is 1. The first-order valence-corrected chi connectivity index (χ1v) is 9.20. The second kappa shape index (κ2) is 10.8. The Morgan fingerprint density at radius 2 is 2.07 bits per heavy atom. The van der Waals surface area contributed by atoms with E-state index in [-0.39, 0.29) is 31.7 Å². The molecule has 1 aromatic carbocycles. The quantitative estimate of drug-likeness (QED) is 0.555. The molecule has 7 nitrogen and oxygen atoms in total.